The van der Waals surface area contributed by atoms with Gasteiger partial charge in [0.2, 0.25) is 0 Å². The van der Waals surface area contributed by atoms with Gasteiger partial charge in [-0.2, -0.15) is 0 Å². The molecule has 0 radical (unpaired) electrons. The van der Waals surface area contributed by atoms with Crippen molar-refractivity contribution in [3.63, 3.8) is 0 Å². The second-order valence-corrected chi connectivity index (χ2v) is 5.45. The van der Waals surface area contributed by atoms with E-state index in [4.69, 9.17) is 20.7 Å². The first-order chi connectivity index (χ1) is 11.0. The molecular weight excluding hydrogens is 334 g/mol. The number of ketones is 1. The highest BCUT2D eigenvalue weighted by Crippen LogP contribution is 2.23. The number of Topliss-reactive ketones (excluding diaryl/α,β-unsaturated/α-hetero) is 1. The third-order valence-electron chi connectivity index (χ3n) is 3.76. The number of carbonyl (C=O) groups is 2. The molecule has 1 heterocycles. The number of aliphatic carboxylic acids is 1. The van der Waals surface area contributed by atoms with Crippen molar-refractivity contribution in [3.05, 3.63) is 0 Å². The number of carboxylic acids is 1. The molecule has 1 rings (SSSR count). The van der Waals surface area contributed by atoms with Gasteiger partial charge in [-0.05, 0) is 0 Å². The van der Waals surface area contributed by atoms with Crippen LogP contribution in [0.15, 0.2) is 0 Å². The van der Waals surface area contributed by atoms with Crippen LogP contribution >= 0.6 is 0 Å². The van der Waals surface area contributed by atoms with Crippen molar-refractivity contribution < 1.29 is 55.2 Å². The summed E-state index contributed by atoms with van der Waals surface area (Å²) in [5, 5.41) is 74.9. The second kappa shape index (κ2) is 8.24. The van der Waals surface area contributed by atoms with Crippen LogP contribution in [0.5, 0.6) is 0 Å². The Hall–Kier alpha value is -1.22. The summed E-state index contributed by atoms with van der Waals surface area (Å²) in [4.78, 5) is 23.1. The Labute approximate surface area is 135 Å². The number of aliphatic hydroxyl groups is 7. The first-order valence-corrected chi connectivity index (χ1v) is 6.91. The lowest BCUT2D eigenvalue weighted by molar-refractivity contribution is -0.226. The van der Waals surface area contributed by atoms with Crippen LogP contribution in [0.4, 0.5) is 0 Å². The van der Waals surface area contributed by atoms with Gasteiger partial charge in [-0.15, -0.1) is 0 Å². The van der Waals surface area contributed by atoms with E-state index in [1.165, 1.54) is 0 Å². The van der Waals surface area contributed by atoms with E-state index in [1.54, 1.807) is 0 Å². The molecule has 9 atom stereocenters. The van der Waals surface area contributed by atoms with Crippen LogP contribution in [0.3, 0.4) is 0 Å². The molecule has 1 saturated heterocycles. The zero-order valence-electron chi connectivity index (χ0n) is 12.3. The summed E-state index contributed by atoms with van der Waals surface area (Å²) >= 11 is 0. The number of aliphatic hydroxyl groups excluding tert-OH is 7. The molecule has 0 saturated carbocycles. The highest BCUT2D eigenvalue weighted by Gasteiger charge is 2.51. The average Bonchev–Trinajstić information content (AvgIpc) is 2.56. The molecule has 24 heavy (non-hydrogen) atoms. The Morgan fingerprint density at radius 3 is 1.92 bits per heavy atom. The third kappa shape index (κ3) is 4.05. The lowest BCUT2D eigenvalue weighted by atomic mass is 9.88. The molecule has 0 spiro atoms. The van der Waals surface area contributed by atoms with Crippen molar-refractivity contribution >= 4 is 11.8 Å². The largest absolute Gasteiger partial charge is 0.479 e. The SMILES string of the molecule is NC(C(=O)[C@@H]1O[C@H](C(=O)O)[C@@H](O)[C@H](O)[C@H]1O)C(O)C(O)C(O)CO. The highest BCUT2D eigenvalue weighted by molar-refractivity contribution is 5.90. The minimum atomic E-state index is -2.08. The van der Waals surface area contributed by atoms with Crippen molar-refractivity contribution in [2.24, 2.45) is 5.73 Å². The van der Waals surface area contributed by atoms with E-state index in [0.29, 0.717) is 0 Å². The Balaban J connectivity index is 2.93. The van der Waals surface area contributed by atoms with Crippen molar-refractivity contribution in [2.45, 2.75) is 54.9 Å². The van der Waals surface area contributed by atoms with E-state index in [0.717, 1.165) is 0 Å². The van der Waals surface area contributed by atoms with E-state index in [-0.39, 0.29) is 0 Å². The summed E-state index contributed by atoms with van der Waals surface area (Å²) < 4.78 is 4.75. The number of carboxylic acid groups (broad SMARTS) is 1. The third-order valence-corrected chi connectivity index (χ3v) is 3.76. The molecule has 0 aromatic carbocycles. The Morgan fingerprint density at radius 2 is 1.46 bits per heavy atom. The van der Waals surface area contributed by atoms with Gasteiger partial charge < -0.3 is 51.3 Å². The Kier molecular flexibility index (Phi) is 7.15. The van der Waals surface area contributed by atoms with E-state index in [9.17, 15) is 40.2 Å². The van der Waals surface area contributed by atoms with Crippen LogP contribution in [0.1, 0.15) is 0 Å². The minimum Gasteiger partial charge on any atom is -0.479 e. The summed E-state index contributed by atoms with van der Waals surface area (Å²) in [7, 11) is 0. The first-order valence-electron chi connectivity index (χ1n) is 6.91. The van der Waals surface area contributed by atoms with Gasteiger partial charge in [0, 0.05) is 0 Å². The molecule has 4 unspecified atom stereocenters. The van der Waals surface area contributed by atoms with Crippen LogP contribution in [0.25, 0.3) is 0 Å². The van der Waals surface area contributed by atoms with Crippen molar-refractivity contribution in [3.8, 4) is 0 Å². The maximum Gasteiger partial charge on any atom is 0.335 e. The van der Waals surface area contributed by atoms with E-state index >= 15 is 0 Å². The molecule has 140 valence electrons. The van der Waals surface area contributed by atoms with Gasteiger partial charge in [-0.1, -0.05) is 0 Å². The molecule has 1 aliphatic rings. The molecule has 1 aliphatic heterocycles. The van der Waals surface area contributed by atoms with Gasteiger partial charge in [-0.25, -0.2) is 4.79 Å². The predicted molar refractivity (Wildman–Crippen MR) is 72.4 cm³/mol. The maximum atomic E-state index is 12.2. The molecule has 1 fully saturated rings. The number of rotatable bonds is 7. The van der Waals surface area contributed by atoms with Gasteiger partial charge in [-0.3, -0.25) is 4.79 Å². The summed E-state index contributed by atoms with van der Waals surface area (Å²) in [5.41, 5.74) is 5.41. The number of hydrogen-bond acceptors (Lipinski definition) is 11. The van der Waals surface area contributed by atoms with E-state index in [1.807, 2.05) is 0 Å². The predicted octanol–water partition coefficient (Wildman–Crippen LogP) is -6.11. The highest BCUT2D eigenvalue weighted by atomic mass is 16.6. The molecule has 0 aromatic heterocycles. The van der Waals surface area contributed by atoms with Gasteiger partial charge in [0.25, 0.3) is 0 Å². The monoisotopic (exact) mass is 355 g/mol. The number of carbonyl (C=O) groups excluding carboxylic acids is 1. The Morgan fingerprint density at radius 1 is 0.958 bits per heavy atom. The van der Waals surface area contributed by atoms with Crippen molar-refractivity contribution in [2.75, 3.05) is 6.61 Å². The van der Waals surface area contributed by atoms with E-state index < -0.39 is 73.2 Å². The molecule has 10 N–H and O–H groups in total. The second-order valence-electron chi connectivity index (χ2n) is 5.45. The number of nitrogens with two attached hydrogens (primary N) is 1. The number of ether oxygens (including phenoxy) is 1. The van der Waals surface area contributed by atoms with Crippen LogP contribution in [-0.2, 0) is 14.3 Å². The molecule has 12 nitrogen and oxygen atoms in total. The number of hydrogen-bond donors (Lipinski definition) is 9. The summed E-state index contributed by atoms with van der Waals surface area (Å²) in [6, 6.07) is -1.95. The Bertz CT molecular complexity index is 460. The van der Waals surface area contributed by atoms with Gasteiger partial charge in [0.15, 0.2) is 11.9 Å². The van der Waals surface area contributed by atoms with Crippen LogP contribution in [0, 0.1) is 0 Å². The molecule has 0 bridgehead atoms. The molecule has 0 amide bonds. The van der Waals surface area contributed by atoms with Gasteiger partial charge in [0.1, 0.15) is 42.7 Å². The minimum absolute atomic E-state index is 0.937. The zero-order chi connectivity index (χ0) is 18.8. The standard InChI is InChI=1S/C12H21NO11/c13-3(5(17)4(16)2(15)1-14)6(18)10-8(20)7(19)9(21)11(24-10)12(22)23/h2-5,7-11,14-17,19-21H,1,13H2,(H,22,23)/t2?,3?,4?,5?,7-,8-,9+,10+,11+/m1/s1. The van der Waals surface area contributed by atoms with Gasteiger partial charge >= 0.3 is 5.97 Å². The fraction of sp³-hybridized carbons (Fsp3) is 0.833. The van der Waals surface area contributed by atoms with Crippen LogP contribution < -0.4 is 5.73 Å². The smallest absolute Gasteiger partial charge is 0.335 e. The summed E-state index contributed by atoms with van der Waals surface area (Å²) in [6.07, 6.45) is -16.0. The molecular formula is C12H21NO11. The zero-order valence-corrected chi connectivity index (χ0v) is 12.3. The lowest BCUT2D eigenvalue weighted by Gasteiger charge is -2.39. The first kappa shape index (κ1) is 20.8. The maximum absolute atomic E-state index is 12.2. The average molecular weight is 355 g/mol. The van der Waals surface area contributed by atoms with Gasteiger partial charge in [0.05, 0.1) is 12.6 Å². The fourth-order valence-corrected chi connectivity index (χ4v) is 2.22. The topological polar surface area (TPSA) is 231 Å². The molecule has 12 heteroatoms. The lowest BCUT2D eigenvalue weighted by Crippen LogP contribution is -2.65. The summed E-state index contributed by atoms with van der Waals surface area (Å²) in [6.45, 7) is -0.937. The fourth-order valence-electron chi connectivity index (χ4n) is 2.22. The molecule has 0 aromatic rings. The van der Waals surface area contributed by atoms with Crippen molar-refractivity contribution in [1.29, 1.82) is 0 Å². The van der Waals surface area contributed by atoms with E-state index in [2.05, 4.69) is 0 Å². The van der Waals surface area contributed by atoms with Crippen molar-refractivity contribution in [1.82, 2.24) is 0 Å². The van der Waals surface area contributed by atoms with Crippen LogP contribution in [-0.4, -0.2) is 114 Å². The molecule has 0 aliphatic carbocycles. The quantitative estimate of drug-likeness (QED) is 0.208. The summed E-state index contributed by atoms with van der Waals surface area (Å²) in [5.74, 6) is -2.99. The van der Waals surface area contributed by atoms with Crippen LogP contribution in [0.2, 0.25) is 0 Å². The normalized spacial score (nSPS) is 35.8.